The number of alkyl halides is 2. The maximum atomic E-state index is 13.1. The summed E-state index contributed by atoms with van der Waals surface area (Å²) in [5.41, 5.74) is 2.82. The monoisotopic (exact) mass is 578 g/mol. The number of aromatic hydroxyl groups is 1. The fourth-order valence-corrected chi connectivity index (χ4v) is 6.40. The third-order valence-corrected chi connectivity index (χ3v) is 8.53. The van der Waals surface area contributed by atoms with Crippen LogP contribution in [0.15, 0.2) is 49.1 Å². The van der Waals surface area contributed by atoms with Crippen LogP contribution in [-0.2, 0) is 17.8 Å². The highest BCUT2D eigenvalue weighted by atomic mass is 19.3. The number of amides is 1. The summed E-state index contributed by atoms with van der Waals surface area (Å²) in [6.45, 7) is 7.81. The molecule has 3 aromatic rings. The molecule has 0 saturated carbocycles. The molecular weight excluding hydrogens is 542 g/mol. The molecule has 2 saturated heterocycles. The van der Waals surface area contributed by atoms with Gasteiger partial charge in [0.05, 0.1) is 18.8 Å². The Bertz CT molecular complexity index is 1460. The molecule has 1 unspecified atom stereocenters. The van der Waals surface area contributed by atoms with Crippen LogP contribution in [0, 0.1) is 0 Å². The van der Waals surface area contributed by atoms with Crippen LogP contribution in [-0.4, -0.2) is 95.7 Å². The molecule has 9 nitrogen and oxygen atoms in total. The van der Waals surface area contributed by atoms with E-state index >= 15 is 0 Å². The van der Waals surface area contributed by atoms with Gasteiger partial charge in [-0.2, -0.15) is 9.97 Å². The van der Waals surface area contributed by atoms with E-state index in [9.17, 15) is 18.7 Å². The smallest absolute Gasteiger partial charge is 0.318 e. The van der Waals surface area contributed by atoms with Crippen molar-refractivity contribution < 1.29 is 23.4 Å². The van der Waals surface area contributed by atoms with Crippen molar-refractivity contribution in [3.05, 3.63) is 60.3 Å². The zero-order chi connectivity index (χ0) is 29.2. The summed E-state index contributed by atoms with van der Waals surface area (Å²) in [7, 11) is 0. The Morgan fingerprint density at radius 3 is 2.69 bits per heavy atom. The molecule has 4 heterocycles. The van der Waals surface area contributed by atoms with Crippen molar-refractivity contribution in [3.8, 4) is 11.8 Å². The van der Waals surface area contributed by atoms with Crippen LogP contribution in [0.4, 0.5) is 20.3 Å². The van der Waals surface area contributed by atoms with E-state index in [0.717, 1.165) is 52.9 Å². The molecule has 6 rings (SSSR count). The molecule has 0 aliphatic carbocycles. The van der Waals surface area contributed by atoms with Crippen molar-refractivity contribution in [2.75, 3.05) is 62.2 Å². The Hall–Kier alpha value is -3.99. The number of nitrogens with zero attached hydrogens (tertiary/aromatic N) is 6. The largest absolute Gasteiger partial charge is 0.508 e. The molecule has 1 amide bonds. The van der Waals surface area contributed by atoms with Gasteiger partial charge in [-0.1, -0.05) is 30.8 Å². The standard InChI is InChI=1S/C31H36F2N6O3/c1-2-29(41)36-12-14-37(15-13-36)30-25-9-11-39(27-17-23(40)16-21-6-3-4-8-24(21)27)18-26(25)34-31(35-30)42-20-22-7-5-10-38(22)19-28(32)33/h2-4,6,8,16-17,22,28,40H,1,5,7,9-15,18-20H2. The van der Waals surface area contributed by atoms with Crippen molar-refractivity contribution in [3.63, 3.8) is 0 Å². The Morgan fingerprint density at radius 2 is 1.90 bits per heavy atom. The zero-order valence-electron chi connectivity index (χ0n) is 23.6. The van der Waals surface area contributed by atoms with Crippen LogP contribution in [0.1, 0.15) is 24.1 Å². The summed E-state index contributed by atoms with van der Waals surface area (Å²) in [5, 5.41) is 12.5. The number of likely N-dealkylation sites (tertiary alicyclic amines) is 1. The third-order valence-electron chi connectivity index (χ3n) is 8.53. The SMILES string of the molecule is C=CC(=O)N1CCN(c2nc(OCC3CCCN3CC(F)F)nc3c2CCN(c2cc(O)cc4ccccc24)C3)CC1. The number of phenols is 1. The highest BCUT2D eigenvalue weighted by Crippen LogP contribution is 2.36. The van der Waals surface area contributed by atoms with Gasteiger partial charge >= 0.3 is 6.01 Å². The van der Waals surface area contributed by atoms with Crippen LogP contribution in [0.5, 0.6) is 11.8 Å². The number of fused-ring (bicyclic) bond motifs is 2. The Morgan fingerprint density at radius 1 is 1.10 bits per heavy atom. The van der Waals surface area contributed by atoms with E-state index in [2.05, 4.69) is 22.4 Å². The summed E-state index contributed by atoms with van der Waals surface area (Å²) in [6, 6.07) is 11.7. The lowest BCUT2D eigenvalue weighted by atomic mass is 10.0. The molecule has 0 radical (unpaired) electrons. The number of carbonyl (C=O) groups is 1. The summed E-state index contributed by atoms with van der Waals surface area (Å²) in [5.74, 6) is 0.929. The number of ether oxygens (including phenoxy) is 1. The van der Waals surface area contributed by atoms with Gasteiger partial charge in [0, 0.05) is 61.5 Å². The second-order valence-corrected chi connectivity index (χ2v) is 11.1. The molecule has 2 aromatic carbocycles. The Balaban J connectivity index is 1.29. The van der Waals surface area contributed by atoms with E-state index in [-0.39, 0.29) is 36.9 Å². The van der Waals surface area contributed by atoms with Crippen molar-refractivity contribution in [2.24, 2.45) is 0 Å². The summed E-state index contributed by atoms with van der Waals surface area (Å²) in [6.07, 6.45) is 1.31. The fraction of sp³-hybridized carbons (Fsp3) is 0.452. The van der Waals surface area contributed by atoms with Crippen molar-refractivity contribution in [2.45, 2.75) is 38.3 Å². The zero-order valence-corrected chi connectivity index (χ0v) is 23.6. The minimum Gasteiger partial charge on any atom is -0.508 e. The number of hydrogen-bond donors (Lipinski definition) is 1. The molecule has 42 heavy (non-hydrogen) atoms. The van der Waals surface area contributed by atoms with Gasteiger partial charge < -0.3 is 24.5 Å². The molecule has 0 bridgehead atoms. The number of halogens is 2. The molecule has 1 atom stereocenters. The highest BCUT2D eigenvalue weighted by Gasteiger charge is 2.31. The fourth-order valence-electron chi connectivity index (χ4n) is 6.40. The van der Waals surface area contributed by atoms with Crippen LogP contribution in [0.2, 0.25) is 0 Å². The molecule has 11 heteroatoms. The molecule has 2 fully saturated rings. The first-order chi connectivity index (χ1) is 20.4. The first-order valence-electron chi connectivity index (χ1n) is 14.6. The van der Waals surface area contributed by atoms with Gasteiger partial charge in [0.2, 0.25) is 5.91 Å². The Labute approximate surface area is 244 Å². The number of aromatic nitrogens is 2. The van der Waals surface area contributed by atoms with Crippen LogP contribution >= 0.6 is 0 Å². The van der Waals surface area contributed by atoms with Gasteiger partial charge in [0.1, 0.15) is 18.2 Å². The lowest BCUT2D eigenvalue weighted by Gasteiger charge is -2.38. The number of hydrogen-bond acceptors (Lipinski definition) is 8. The summed E-state index contributed by atoms with van der Waals surface area (Å²) >= 11 is 0. The Kier molecular flexibility index (Phi) is 8.10. The first kappa shape index (κ1) is 28.1. The lowest BCUT2D eigenvalue weighted by Crippen LogP contribution is -2.49. The number of anilines is 2. The maximum absolute atomic E-state index is 13.1. The van der Waals surface area contributed by atoms with E-state index in [1.54, 1.807) is 21.9 Å². The summed E-state index contributed by atoms with van der Waals surface area (Å²) < 4.78 is 32.3. The molecular formula is C31H36F2N6O3. The number of rotatable bonds is 8. The molecule has 1 aromatic heterocycles. The van der Waals surface area contributed by atoms with Gasteiger partial charge in [0.25, 0.3) is 6.43 Å². The van der Waals surface area contributed by atoms with E-state index in [1.807, 2.05) is 18.2 Å². The number of benzene rings is 2. The highest BCUT2D eigenvalue weighted by molar-refractivity contribution is 5.95. The van der Waals surface area contributed by atoms with Crippen LogP contribution < -0.4 is 14.5 Å². The number of phenolic OH excluding ortho intramolecular Hbond substituents is 1. The van der Waals surface area contributed by atoms with E-state index in [4.69, 9.17) is 14.7 Å². The normalized spacial score (nSPS) is 19.4. The predicted molar refractivity (Wildman–Crippen MR) is 157 cm³/mol. The summed E-state index contributed by atoms with van der Waals surface area (Å²) in [4.78, 5) is 29.8. The molecule has 222 valence electrons. The van der Waals surface area contributed by atoms with E-state index in [1.165, 1.54) is 6.08 Å². The topological polar surface area (TPSA) is 85.3 Å². The van der Waals surface area contributed by atoms with Crippen molar-refractivity contribution in [1.82, 2.24) is 19.8 Å². The van der Waals surface area contributed by atoms with E-state index in [0.29, 0.717) is 45.7 Å². The van der Waals surface area contributed by atoms with Gasteiger partial charge in [-0.05, 0) is 43.3 Å². The number of piperazine rings is 1. The quantitative estimate of drug-likeness (QED) is 0.404. The third kappa shape index (κ3) is 5.83. The van der Waals surface area contributed by atoms with Gasteiger partial charge in [-0.25, -0.2) is 8.78 Å². The second-order valence-electron chi connectivity index (χ2n) is 11.1. The van der Waals surface area contributed by atoms with Crippen molar-refractivity contribution in [1.29, 1.82) is 0 Å². The lowest BCUT2D eigenvalue weighted by molar-refractivity contribution is -0.126. The van der Waals surface area contributed by atoms with Gasteiger partial charge in [0.15, 0.2) is 0 Å². The predicted octanol–water partition coefficient (Wildman–Crippen LogP) is 3.84. The minimum absolute atomic E-state index is 0.0812. The maximum Gasteiger partial charge on any atom is 0.318 e. The van der Waals surface area contributed by atoms with Crippen LogP contribution in [0.3, 0.4) is 0 Å². The second kappa shape index (κ2) is 12.1. The molecule has 3 aliphatic rings. The minimum atomic E-state index is -2.39. The first-order valence-corrected chi connectivity index (χ1v) is 14.6. The molecule has 0 spiro atoms. The average Bonchev–Trinajstić information content (AvgIpc) is 3.44. The average molecular weight is 579 g/mol. The van der Waals surface area contributed by atoms with E-state index < -0.39 is 6.43 Å². The molecule has 3 aliphatic heterocycles. The van der Waals surface area contributed by atoms with Crippen LogP contribution in [0.25, 0.3) is 10.8 Å². The number of carbonyl (C=O) groups excluding carboxylic acids is 1. The van der Waals surface area contributed by atoms with Crippen molar-refractivity contribution >= 4 is 28.2 Å². The van der Waals surface area contributed by atoms with Gasteiger partial charge in [-0.3, -0.25) is 9.69 Å². The van der Waals surface area contributed by atoms with Gasteiger partial charge in [-0.15, -0.1) is 0 Å². The molecule has 1 N–H and O–H groups in total.